The number of rotatable bonds is 3. The number of aromatic nitrogens is 3. The summed E-state index contributed by atoms with van der Waals surface area (Å²) in [6.45, 7) is 0.496. The number of carboxylic acid groups (broad SMARTS) is 1. The Hall–Kier alpha value is -2.63. The second-order valence-electron chi connectivity index (χ2n) is 3.87. The van der Waals surface area contributed by atoms with E-state index in [1.54, 1.807) is 24.5 Å². The van der Waals surface area contributed by atoms with Gasteiger partial charge in [-0.05, 0) is 18.2 Å². The molecule has 0 aliphatic rings. The van der Waals surface area contributed by atoms with Gasteiger partial charge in [-0.3, -0.25) is 0 Å². The van der Waals surface area contributed by atoms with Crippen LogP contribution < -0.4 is 0 Å². The molecule has 3 aromatic rings. The van der Waals surface area contributed by atoms with Crippen LogP contribution in [0.3, 0.4) is 0 Å². The number of aromatic carboxylic acids is 1. The first-order valence-corrected chi connectivity index (χ1v) is 5.31. The number of carbonyl (C=O) groups is 1. The van der Waals surface area contributed by atoms with E-state index in [2.05, 4.69) is 10.1 Å². The van der Waals surface area contributed by atoms with Crippen molar-refractivity contribution in [3.05, 3.63) is 48.1 Å². The standard InChI is InChI=1S/C12H9N3O3/c16-12(17)8-1-2-10-11(5-8)15(7-13-10)6-9-3-4-18-14-9/h1-5,7H,6H2,(H,16,17). The topological polar surface area (TPSA) is 81.1 Å². The average Bonchev–Trinajstić information content (AvgIpc) is 2.99. The molecule has 0 unspecified atom stereocenters. The summed E-state index contributed by atoms with van der Waals surface area (Å²) in [5.74, 6) is -0.953. The van der Waals surface area contributed by atoms with Crippen LogP contribution in [0.2, 0.25) is 0 Å². The van der Waals surface area contributed by atoms with Crippen LogP contribution in [-0.4, -0.2) is 25.8 Å². The van der Waals surface area contributed by atoms with E-state index in [0.29, 0.717) is 6.54 Å². The second kappa shape index (κ2) is 3.99. The molecule has 1 aromatic carbocycles. The summed E-state index contributed by atoms with van der Waals surface area (Å²) in [6, 6.07) is 6.59. The highest BCUT2D eigenvalue weighted by Crippen LogP contribution is 2.16. The van der Waals surface area contributed by atoms with Crippen LogP contribution in [0.25, 0.3) is 11.0 Å². The molecule has 0 saturated carbocycles. The summed E-state index contributed by atoms with van der Waals surface area (Å²) in [7, 11) is 0. The largest absolute Gasteiger partial charge is 0.478 e. The highest BCUT2D eigenvalue weighted by atomic mass is 16.5. The predicted molar refractivity (Wildman–Crippen MR) is 62.3 cm³/mol. The van der Waals surface area contributed by atoms with Crippen LogP contribution in [0.5, 0.6) is 0 Å². The molecule has 6 nitrogen and oxygen atoms in total. The summed E-state index contributed by atoms with van der Waals surface area (Å²) in [6.07, 6.45) is 3.15. The van der Waals surface area contributed by atoms with Crippen LogP contribution in [0.15, 0.2) is 41.4 Å². The Morgan fingerprint density at radius 2 is 2.28 bits per heavy atom. The van der Waals surface area contributed by atoms with E-state index < -0.39 is 5.97 Å². The third kappa shape index (κ3) is 1.73. The summed E-state index contributed by atoms with van der Waals surface area (Å²) < 4.78 is 6.59. The molecule has 6 heteroatoms. The van der Waals surface area contributed by atoms with E-state index in [1.165, 1.54) is 12.3 Å². The van der Waals surface area contributed by atoms with E-state index in [1.807, 2.05) is 4.57 Å². The SMILES string of the molecule is O=C(O)c1ccc2ncn(Cc3ccon3)c2c1. The molecule has 0 spiro atoms. The minimum absolute atomic E-state index is 0.240. The molecular formula is C12H9N3O3. The Morgan fingerprint density at radius 1 is 1.39 bits per heavy atom. The van der Waals surface area contributed by atoms with Gasteiger partial charge in [0.15, 0.2) is 0 Å². The minimum atomic E-state index is -0.953. The van der Waals surface area contributed by atoms with Crippen molar-refractivity contribution in [3.8, 4) is 0 Å². The number of hydrogen-bond donors (Lipinski definition) is 1. The first-order chi connectivity index (χ1) is 8.74. The van der Waals surface area contributed by atoms with Gasteiger partial charge in [0.25, 0.3) is 0 Å². The quantitative estimate of drug-likeness (QED) is 0.758. The lowest BCUT2D eigenvalue weighted by Gasteiger charge is -2.01. The summed E-state index contributed by atoms with van der Waals surface area (Å²) in [5, 5.41) is 12.8. The second-order valence-corrected chi connectivity index (χ2v) is 3.87. The van der Waals surface area contributed by atoms with Crippen molar-refractivity contribution >= 4 is 17.0 Å². The first kappa shape index (κ1) is 10.5. The molecule has 2 aromatic heterocycles. The fraction of sp³-hybridized carbons (Fsp3) is 0.0833. The summed E-state index contributed by atoms with van der Waals surface area (Å²) in [5.41, 5.74) is 2.51. The number of benzene rings is 1. The minimum Gasteiger partial charge on any atom is -0.478 e. The van der Waals surface area contributed by atoms with Gasteiger partial charge in [-0.15, -0.1) is 0 Å². The summed E-state index contributed by atoms with van der Waals surface area (Å²) >= 11 is 0. The lowest BCUT2D eigenvalue weighted by molar-refractivity contribution is 0.0697. The zero-order valence-electron chi connectivity index (χ0n) is 9.28. The Kier molecular flexibility index (Phi) is 2.33. The van der Waals surface area contributed by atoms with Crippen molar-refractivity contribution in [3.63, 3.8) is 0 Å². The third-order valence-corrected chi connectivity index (χ3v) is 2.69. The van der Waals surface area contributed by atoms with Crippen molar-refractivity contribution < 1.29 is 14.4 Å². The monoisotopic (exact) mass is 243 g/mol. The molecule has 2 heterocycles. The van der Waals surface area contributed by atoms with Crippen LogP contribution in [0.1, 0.15) is 16.1 Å². The van der Waals surface area contributed by atoms with Crippen LogP contribution >= 0.6 is 0 Å². The van der Waals surface area contributed by atoms with Crippen molar-refractivity contribution in [2.24, 2.45) is 0 Å². The Morgan fingerprint density at radius 3 is 3.00 bits per heavy atom. The van der Waals surface area contributed by atoms with E-state index in [9.17, 15) is 4.79 Å². The van der Waals surface area contributed by atoms with Gasteiger partial charge in [-0.1, -0.05) is 5.16 Å². The maximum absolute atomic E-state index is 10.9. The Balaban J connectivity index is 2.06. The van der Waals surface area contributed by atoms with E-state index in [-0.39, 0.29) is 5.56 Å². The van der Waals surface area contributed by atoms with Gasteiger partial charge >= 0.3 is 5.97 Å². The van der Waals surface area contributed by atoms with Gasteiger partial charge in [0.05, 0.1) is 29.5 Å². The Bertz CT molecular complexity index is 701. The smallest absolute Gasteiger partial charge is 0.335 e. The van der Waals surface area contributed by atoms with E-state index >= 15 is 0 Å². The molecule has 0 radical (unpaired) electrons. The molecular weight excluding hydrogens is 234 g/mol. The van der Waals surface area contributed by atoms with Gasteiger partial charge in [0, 0.05) is 6.07 Å². The van der Waals surface area contributed by atoms with Crippen molar-refractivity contribution in [1.82, 2.24) is 14.7 Å². The summed E-state index contributed by atoms with van der Waals surface area (Å²) in [4.78, 5) is 15.1. The molecule has 1 N–H and O–H groups in total. The normalized spacial score (nSPS) is 10.9. The number of imidazole rings is 1. The van der Waals surface area contributed by atoms with Gasteiger partial charge in [0.2, 0.25) is 0 Å². The number of nitrogens with zero attached hydrogens (tertiary/aromatic N) is 3. The molecule has 0 aliphatic carbocycles. The lowest BCUT2D eigenvalue weighted by Crippen LogP contribution is -2.00. The molecule has 0 amide bonds. The highest BCUT2D eigenvalue weighted by molar-refractivity contribution is 5.92. The third-order valence-electron chi connectivity index (χ3n) is 2.69. The number of fused-ring (bicyclic) bond motifs is 1. The van der Waals surface area contributed by atoms with Crippen molar-refractivity contribution in [2.45, 2.75) is 6.54 Å². The van der Waals surface area contributed by atoms with Gasteiger partial charge in [-0.2, -0.15) is 0 Å². The van der Waals surface area contributed by atoms with Crippen LogP contribution in [0, 0.1) is 0 Å². The maximum atomic E-state index is 10.9. The Labute approximate surface area is 101 Å². The van der Waals surface area contributed by atoms with Crippen LogP contribution in [-0.2, 0) is 6.54 Å². The fourth-order valence-electron chi connectivity index (χ4n) is 1.81. The first-order valence-electron chi connectivity index (χ1n) is 5.31. The average molecular weight is 243 g/mol. The molecule has 0 saturated heterocycles. The van der Waals surface area contributed by atoms with E-state index in [0.717, 1.165) is 16.7 Å². The predicted octanol–water partition coefficient (Wildman–Crippen LogP) is 1.77. The molecule has 0 fully saturated rings. The van der Waals surface area contributed by atoms with Gasteiger partial charge in [0.1, 0.15) is 12.0 Å². The fourth-order valence-corrected chi connectivity index (χ4v) is 1.81. The van der Waals surface area contributed by atoms with Gasteiger partial charge in [-0.25, -0.2) is 9.78 Å². The lowest BCUT2D eigenvalue weighted by atomic mass is 10.2. The molecule has 0 aliphatic heterocycles. The molecule has 3 rings (SSSR count). The van der Waals surface area contributed by atoms with Gasteiger partial charge < -0.3 is 14.2 Å². The highest BCUT2D eigenvalue weighted by Gasteiger charge is 2.09. The maximum Gasteiger partial charge on any atom is 0.335 e. The van der Waals surface area contributed by atoms with Crippen molar-refractivity contribution in [2.75, 3.05) is 0 Å². The zero-order chi connectivity index (χ0) is 12.5. The molecule has 0 bridgehead atoms. The number of hydrogen-bond acceptors (Lipinski definition) is 4. The molecule has 0 atom stereocenters. The molecule has 90 valence electrons. The van der Waals surface area contributed by atoms with E-state index in [4.69, 9.17) is 9.63 Å². The molecule has 18 heavy (non-hydrogen) atoms. The number of carboxylic acids is 1. The van der Waals surface area contributed by atoms with Crippen molar-refractivity contribution in [1.29, 1.82) is 0 Å². The zero-order valence-corrected chi connectivity index (χ0v) is 9.28. The van der Waals surface area contributed by atoms with Crippen LogP contribution in [0.4, 0.5) is 0 Å².